The van der Waals surface area contributed by atoms with Gasteiger partial charge in [-0.25, -0.2) is 0 Å². The van der Waals surface area contributed by atoms with Crippen LogP contribution >= 0.6 is 0 Å². The Morgan fingerprint density at radius 3 is 2.57 bits per heavy atom. The zero-order valence-corrected chi connectivity index (χ0v) is 12.7. The van der Waals surface area contributed by atoms with Crippen molar-refractivity contribution in [3.63, 3.8) is 0 Å². The van der Waals surface area contributed by atoms with Gasteiger partial charge in [0, 0.05) is 23.0 Å². The van der Waals surface area contributed by atoms with Gasteiger partial charge in [0.2, 0.25) is 0 Å². The Balaban J connectivity index is 1.76. The van der Waals surface area contributed by atoms with Crippen LogP contribution in [0.15, 0.2) is 59.5 Å². The smallest absolute Gasteiger partial charge is 0.200 e. The number of pyridine rings is 1. The highest BCUT2D eigenvalue weighted by molar-refractivity contribution is 6.01. The number of ketones is 1. The Morgan fingerprint density at radius 1 is 1.04 bits per heavy atom. The van der Waals surface area contributed by atoms with Crippen molar-refractivity contribution < 1.29 is 4.79 Å². The van der Waals surface area contributed by atoms with Gasteiger partial charge in [0.15, 0.2) is 11.2 Å². The van der Waals surface area contributed by atoms with E-state index in [0.717, 1.165) is 30.3 Å². The summed E-state index contributed by atoms with van der Waals surface area (Å²) in [4.78, 5) is 28.0. The van der Waals surface area contributed by atoms with E-state index in [1.165, 1.54) is 5.56 Å². The van der Waals surface area contributed by atoms with Crippen LogP contribution in [0, 0.1) is 5.92 Å². The number of Topliss-reactive ketones (excluding diaryl/α,β-unsaturated/α-hetero) is 1. The minimum absolute atomic E-state index is 0.0124. The third-order valence-corrected chi connectivity index (χ3v) is 4.41. The van der Waals surface area contributed by atoms with Crippen LogP contribution in [0.5, 0.6) is 0 Å². The maximum Gasteiger partial charge on any atom is 0.200 e. The molecule has 0 atom stereocenters. The van der Waals surface area contributed by atoms with Crippen LogP contribution in [0.25, 0.3) is 10.9 Å². The summed E-state index contributed by atoms with van der Waals surface area (Å²) >= 11 is 0. The maximum atomic E-state index is 12.7. The minimum Gasteiger partial charge on any atom is -0.360 e. The third-order valence-electron chi connectivity index (χ3n) is 4.41. The van der Waals surface area contributed by atoms with Gasteiger partial charge in [-0.2, -0.15) is 0 Å². The van der Waals surface area contributed by atoms with Gasteiger partial charge in [-0.3, -0.25) is 9.59 Å². The zero-order valence-electron chi connectivity index (χ0n) is 12.7. The lowest BCUT2D eigenvalue weighted by Gasteiger charge is -2.06. The molecule has 2 aromatic carbocycles. The Bertz CT molecular complexity index is 937. The molecule has 23 heavy (non-hydrogen) atoms. The number of fused-ring (bicyclic) bond motifs is 1. The molecule has 3 aromatic rings. The van der Waals surface area contributed by atoms with Crippen molar-refractivity contribution in [3.8, 4) is 0 Å². The van der Waals surface area contributed by atoms with Crippen LogP contribution in [-0.2, 0) is 6.42 Å². The lowest BCUT2D eigenvalue weighted by Crippen LogP contribution is -2.17. The number of aromatic nitrogens is 1. The first-order chi connectivity index (χ1) is 11.2. The number of nitrogens with one attached hydrogen (secondary N) is 1. The number of carbonyl (C=O) groups excluding carboxylic acids is 1. The molecule has 0 spiro atoms. The van der Waals surface area contributed by atoms with Crippen molar-refractivity contribution in [3.05, 3.63) is 81.6 Å². The first-order valence-electron chi connectivity index (χ1n) is 7.95. The van der Waals surface area contributed by atoms with Crippen molar-refractivity contribution in [2.45, 2.75) is 19.3 Å². The molecule has 0 bridgehead atoms. The van der Waals surface area contributed by atoms with E-state index in [9.17, 15) is 9.59 Å². The largest absolute Gasteiger partial charge is 0.360 e. The average molecular weight is 303 g/mol. The highest BCUT2D eigenvalue weighted by Gasteiger charge is 2.32. The van der Waals surface area contributed by atoms with Crippen molar-refractivity contribution in [1.82, 2.24) is 4.98 Å². The summed E-state index contributed by atoms with van der Waals surface area (Å²) in [5.41, 5.74) is 3.21. The number of H-pyrrole nitrogens is 1. The topological polar surface area (TPSA) is 49.9 Å². The Hall–Kier alpha value is -2.68. The van der Waals surface area contributed by atoms with Crippen LogP contribution in [-0.4, -0.2) is 10.8 Å². The number of carbonyl (C=O) groups is 1. The second-order valence-corrected chi connectivity index (χ2v) is 6.21. The number of hydrogen-bond donors (Lipinski definition) is 1. The molecule has 114 valence electrons. The fourth-order valence-electron chi connectivity index (χ4n) is 2.96. The Labute approximate surface area is 134 Å². The number of hydrogen-bond acceptors (Lipinski definition) is 2. The van der Waals surface area contributed by atoms with Crippen molar-refractivity contribution >= 4 is 16.7 Å². The van der Waals surface area contributed by atoms with Gasteiger partial charge in [0.05, 0.1) is 5.56 Å². The van der Waals surface area contributed by atoms with Gasteiger partial charge < -0.3 is 4.98 Å². The fourth-order valence-corrected chi connectivity index (χ4v) is 2.96. The molecule has 1 aliphatic carbocycles. The Morgan fingerprint density at radius 2 is 1.83 bits per heavy atom. The highest BCUT2D eigenvalue weighted by atomic mass is 16.1. The molecule has 1 fully saturated rings. The van der Waals surface area contributed by atoms with Crippen LogP contribution in [0.4, 0.5) is 0 Å². The molecule has 1 N–H and O–H groups in total. The summed E-state index contributed by atoms with van der Waals surface area (Å²) in [5.74, 6) is 0.0441. The maximum absolute atomic E-state index is 12.7. The molecule has 0 radical (unpaired) electrons. The normalized spacial score (nSPS) is 14.1. The molecule has 0 amide bonds. The van der Waals surface area contributed by atoms with Crippen LogP contribution in [0.3, 0.4) is 0 Å². The predicted octanol–water partition coefficient (Wildman–Crippen LogP) is 3.71. The van der Waals surface area contributed by atoms with E-state index in [1.54, 1.807) is 6.20 Å². The van der Waals surface area contributed by atoms with Gasteiger partial charge in [-0.1, -0.05) is 36.4 Å². The van der Waals surface area contributed by atoms with Gasteiger partial charge >= 0.3 is 0 Å². The standard InChI is InChI=1S/C20H17NO2/c22-19(15-7-8-15)17-12-21-18-9-6-14(11-16(18)20(17)23)10-13-4-2-1-3-5-13/h1-6,9,11-12,15H,7-8,10H2,(H,21,23). The zero-order chi connectivity index (χ0) is 15.8. The number of rotatable bonds is 4. The van der Waals surface area contributed by atoms with Gasteiger partial charge in [0.1, 0.15) is 0 Å². The SMILES string of the molecule is O=C(c1c[nH]c2ccc(Cc3ccccc3)cc2c1=O)C1CC1. The molecular formula is C20H17NO2. The summed E-state index contributed by atoms with van der Waals surface area (Å²) in [6.45, 7) is 0. The molecule has 1 aromatic heterocycles. The molecule has 1 saturated carbocycles. The van der Waals surface area contributed by atoms with Crippen molar-refractivity contribution in [2.24, 2.45) is 5.92 Å². The van der Waals surface area contributed by atoms with E-state index in [0.29, 0.717) is 10.9 Å². The molecule has 1 heterocycles. The second kappa shape index (κ2) is 5.51. The van der Waals surface area contributed by atoms with E-state index in [2.05, 4.69) is 17.1 Å². The van der Waals surface area contributed by atoms with Crippen molar-refractivity contribution in [1.29, 1.82) is 0 Å². The van der Waals surface area contributed by atoms with E-state index in [-0.39, 0.29) is 17.1 Å². The lowest BCUT2D eigenvalue weighted by atomic mass is 10.0. The monoisotopic (exact) mass is 303 g/mol. The van der Waals surface area contributed by atoms with E-state index >= 15 is 0 Å². The first-order valence-corrected chi connectivity index (χ1v) is 7.95. The second-order valence-electron chi connectivity index (χ2n) is 6.21. The van der Waals surface area contributed by atoms with Gasteiger partial charge in [-0.15, -0.1) is 0 Å². The molecule has 0 aliphatic heterocycles. The predicted molar refractivity (Wildman–Crippen MR) is 90.9 cm³/mol. The molecule has 3 nitrogen and oxygen atoms in total. The van der Waals surface area contributed by atoms with Gasteiger partial charge in [-0.05, 0) is 42.5 Å². The average Bonchev–Trinajstić information content (AvgIpc) is 3.41. The summed E-state index contributed by atoms with van der Waals surface area (Å²) in [5, 5.41) is 0.602. The summed E-state index contributed by atoms with van der Waals surface area (Å²) in [6.07, 6.45) is 4.16. The number of benzene rings is 2. The van der Waals surface area contributed by atoms with Gasteiger partial charge in [0.25, 0.3) is 0 Å². The molecule has 0 unspecified atom stereocenters. The minimum atomic E-state index is -0.148. The van der Waals surface area contributed by atoms with Crippen LogP contribution < -0.4 is 5.43 Å². The van der Waals surface area contributed by atoms with Crippen LogP contribution in [0.2, 0.25) is 0 Å². The molecular weight excluding hydrogens is 286 g/mol. The van der Waals surface area contributed by atoms with Crippen LogP contribution in [0.1, 0.15) is 34.3 Å². The quantitative estimate of drug-likeness (QED) is 0.747. The molecule has 0 saturated heterocycles. The molecule has 3 heteroatoms. The van der Waals surface area contributed by atoms with Crippen molar-refractivity contribution in [2.75, 3.05) is 0 Å². The lowest BCUT2D eigenvalue weighted by molar-refractivity contribution is 0.0966. The van der Waals surface area contributed by atoms with E-state index < -0.39 is 0 Å². The highest BCUT2D eigenvalue weighted by Crippen LogP contribution is 2.32. The van der Waals surface area contributed by atoms with E-state index in [1.807, 2.05) is 36.4 Å². The molecule has 4 rings (SSSR count). The number of aromatic amines is 1. The first kappa shape index (κ1) is 13.9. The fraction of sp³-hybridized carbons (Fsp3) is 0.200. The third kappa shape index (κ3) is 2.70. The summed E-state index contributed by atoms with van der Waals surface area (Å²) < 4.78 is 0. The molecule has 1 aliphatic rings. The van der Waals surface area contributed by atoms with E-state index in [4.69, 9.17) is 0 Å². The summed E-state index contributed by atoms with van der Waals surface area (Å²) in [6, 6.07) is 16.0. The Kier molecular flexibility index (Phi) is 3.34. The summed E-state index contributed by atoms with van der Waals surface area (Å²) in [7, 11) is 0.